The van der Waals surface area contributed by atoms with Crippen LogP contribution in [0.4, 0.5) is 0 Å². The second-order valence-corrected chi connectivity index (χ2v) is 5.36. The molecule has 0 saturated carbocycles. The Hall–Kier alpha value is -1.10. The molecule has 1 rings (SSSR count). The number of hydrogen-bond donors (Lipinski definition) is 2. The predicted octanol–water partition coefficient (Wildman–Crippen LogP) is 0.358. The van der Waals surface area contributed by atoms with Gasteiger partial charge in [-0.1, -0.05) is 13.8 Å². The third-order valence-corrected chi connectivity index (χ3v) is 3.42. The summed E-state index contributed by atoms with van der Waals surface area (Å²) in [6.45, 7) is 5.00. The summed E-state index contributed by atoms with van der Waals surface area (Å²) in [5.41, 5.74) is 0. The van der Waals surface area contributed by atoms with Gasteiger partial charge in [-0.2, -0.15) is 0 Å². The van der Waals surface area contributed by atoms with Gasteiger partial charge in [0, 0.05) is 14.1 Å². The maximum Gasteiger partial charge on any atom is 0.242 e. The van der Waals surface area contributed by atoms with E-state index in [0.717, 1.165) is 19.4 Å². The van der Waals surface area contributed by atoms with Gasteiger partial charge in [0.25, 0.3) is 0 Å². The zero-order chi connectivity index (χ0) is 13.7. The van der Waals surface area contributed by atoms with Crippen molar-refractivity contribution in [3.05, 3.63) is 0 Å². The van der Waals surface area contributed by atoms with Gasteiger partial charge in [0.15, 0.2) is 0 Å². The summed E-state index contributed by atoms with van der Waals surface area (Å²) in [6, 6.07) is -0.487. The summed E-state index contributed by atoms with van der Waals surface area (Å²) in [5.74, 6) is 0.318. The fraction of sp³-hybridized carbons (Fsp3) is 0.846. The Labute approximate surface area is 109 Å². The van der Waals surface area contributed by atoms with Crippen LogP contribution in [0.5, 0.6) is 0 Å². The molecule has 0 aromatic rings. The molecule has 0 aromatic heterocycles. The molecule has 0 aromatic carbocycles. The van der Waals surface area contributed by atoms with E-state index < -0.39 is 0 Å². The van der Waals surface area contributed by atoms with Crippen molar-refractivity contribution in [1.82, 2.24) is 15.5 Å². The van der Waals surface area contributed by atoms with Crippen molar-refractivity contribution in [3.63, 3.8) is 0 Å². The number of carbonyl (C=O) groups is 2. The zero-order valence-corrected chi connectivity index (χ0v) is 11.8. The van der Waals surface area contributed by atoms with Crippen LogP contribution in [0.25, 0.3) is 0 Å². The molecular formula is C13H25N3O2. The number of hydrogen-bond acceptors (Lipinski definition) is 3. The molecule has 2 N–H and O–H groups in total. The molecule has 1 saturated heterocycles. The number of rotatable bonds is 5. The predicted molar refractivity (Wildman–Crippen MR) is 71.1 cm³/mol. The molecule has 18 heavy (non-hydrogen) atoms. The van der Waals surface area contributed by atoms with Crippen LogP contribution in [0.15, 0.2) is 0 Å². The summed E-state index contributed by atoms with van der Waals surface area (Å²) in [4.78, 5) is 25.8. The van der Waals surface area contributed by atoms with Gasteiger partial charge in [0.1, 0.15) is 6.04 Å². The molecule has 0 spiro atoms. The summed E-state index contributed by atoms with van der Waals surface area (Å²) < 4.78 is 0. The van der Waals surface area contributed by atoms with Crippen molar-refractivity contribution in [2.24, 2.45) is 5.92 Å². The molecule has 5 nitrogen and oxygen atoms in total. The van der Waals surface area contributed by atoms with Crippen LogP contribution >= 0.6 is 0 Å². The van der Waals surface area contributed by atoms with E-state index in [0.29, 0.717) is 12.3 Å². The molecule has 1 heterocycles. The van der Waals surface area contributed by atoms with Gasteiger partial charge < -0.3 is 15.5 Å². The van der Waals surface area contributed by atoms with E-state index in [1.165, 1.54) is 0 Å². The molecule has 0 unspecified atom stereocenters. The fourth-order valence-electron chi connectivity index (χ4n) is 2.35. The molecule has 1 aliphatic rings. The highest BCUT2D eigenvalue weighted by atomic mass is 16.2. The van der Waals surface area contributed by atoms with Crippen LogP contribution in [0.1, 0.15) is 33.1 Å². The van der Waals surface area contributed by atoms with Crippen LogP contribution in [0.2, 0.25) is 0 Å². The third kappa shape index (κ3) is 3.70. The van der Waals surface area contributed by atoms with Crippen LogP contribution in [0, 0.1) is 5.92 Å². The highest BCUT2D eigenvalue weighted by molar-refractivity contribution is 5.89. The number of nitrogens with one attached hydrogen (secondary N) is 2. The molecule has 2 atom stereocenters. The van der Waals surface area contributed by atoms with Crippen LogP contribution in [0.3, 0.4) is 0 Å². The Bertz CT molecular complexity index is 299. The van der Waals surface area contributed by atoms with Crippen LogP contribution < -0.4 is 10.6 Å². The van der Waals surface area contributed by atoms with Gasteiger partial charge in [-0.25, -0.2) is 0 Å². The largest absolute Gasteiger partial charge is 0.357 e. The lowest BCUT2D eigenvalue weighted by molar-refractivity contribution is -0.140. The van der Waals surface area contributed by atoms with E-state index in [2.05, 4.69) is 24.5 Å². The molecule has 0 radical (unpaired) electrons. The number of nitrogens with zero attached hydrogens (tertiary/aromatic N) is 1. The first-order valence-corrected chi connectivity index (χ1v) is 6.69. The summed E-state index contributed by atoms with van der Waals surface area (Å²) >= 11 is 0. The van der Waals surface area contributed by atoms with E-state index in [1.54, 1.807) is 19.0 Å². The number of likely N-dealkylation sites (N-methyl/N-ethyl adjacent to an activating group) is 2. The molecule has 5 heteroatoms. The maximum absolute atomic E-state index is 12.3. The average Bonchev–Trinajstić information content (AvgIpc) is 2.86. The Morgan fingerprint density at radius 1 is 1.44 bits per heavy atom. The van der Waals surface area contributed by atoms with Gasteiger partial charge in [-0.05, 0) is 31.7 Å². The SMILES string of the molecule is CNC(=O)[C@H](CC(C)C)N(C)C(=O)[C@@H]1CCCN1. The topological polar surface area (TPSA) is 61.4 Å². The Balaban J connectivity index is 2.70. The monoisotopic (exact) mass is 255 g/mol. The first-order valence-electron chi connectivity index (χ1n) is 6.69. The lowest BCUT2D eigenvalue weighted by Gasteiger charge is -2.30. The van der Waals surface area contributed by atoms with E-state index in [-0.39, 0.29) is 23.9 Å². The molecule has 1 aliphatic heterocycles. The lowest BCUT2D eigenvalue weighted by atomic mass is 10.0. The van der Waals surface area contributed by atoms with Crippen molar-refractivity contribution in [2.45, 2.75) is 45.2 Å². The van der Waals surface area contributed by atoms with Gasteiger partial charge in [0.05, 0.1) is 6.04 Å². The van der Waals surface area contributed by atoms with Crippen molar-refractivity contribution >= 4 is 11.8 Å². The molecular weight excluding hydrogens is 230 g/mol. The van der Waals surface area contributed by atoms with Crippen molar-refractivity contribution in [1.29, 1.82) is 0 Å². The minimum absolute atomic E-state index is 0.0294. The second-order valence-electron chi connectivity index (χ2n) is 5.36. The maximum atomic E-state index is 12.3. The van der Waals surface area contributed by atoms with Gasteiger partial charge >= 0.3 is 0 Å². The minimum atomic E-state index is -0.370. The summed E-state index contributed by atoms with van der Waals surface area (Å²) in [5, 5.41) is 5.82. The molecule has 0 aliphatic carbocycles. The normalized spacial score (nSPS) is 20.8. The highest BCUT2D eigenvalue weighted by Gasteiger charge is 2.32. The average molecular weight is 255 g/mol. The third-order valence-electron chi connectivity index (χ3n) is 3.42. The number of carbonyl (C=O) groups excluding carboxylic acids is 2. The van der Waals surface area contributed by atoms with Crippen LogP contribution in [-0.2, 0) is 9.59 Å². The first-order chi connectivity index (χ1) is 8.47. The van der Waals surface area contributed by atoms with Gasteiger partial charge in [0.2, 0.25) is 11.8 Å². The van der Waals surface area contributed by atoms with Crippen LogP contribution in [-0.4, -0.2) is 49.4 Å². The molecule has 2 amide bonds. The van der Waals surface area contributed by atoms with E-state index >= 15 is 0 Å². The first kappa shape index (κ1) is 15.0. The van der Waals surface area contributed by atoms with Gasteiger partial charge in [-0.3, -0.25) is 9.59 Å². The lowest BCUT2D eigenvalue weighted by Crippen LogP contribution is -2.52. The second kappa shape index (κ2) is 6.73. The Kier molecular flexibility index (Phi) is 5.59. The van der Waals surface area contributed by atoms with E-state index in [4.69, 9.17) is 0 Å². The highest BCUT2D eigenvalue weighted by Crippen LogP contribution is 2.14. The Morgan fingerprint density at radius 3 is 2.56 bits per heavy atom. The molecule has 1 fully saturated rings. The quantitative estimate of drug-likeness (QED) is 0.745. The Morgan fingerprint density at radius 2 is 2.11 bits per heavy atom. The minimum Gasteiger partial charge on any atom is -0.357 e. The fourth-order valence-corrected chi connectivity index (χ4v) is 2.35. The molecule has 104 valence electrons. The zero-order valence-electron chi connectivity index (χ0n) is 11.8. The summed E-state index contributed by atoms with van der Waals surface area (Å²) in [7, 11) is 3.34. The summed E-state index contributed by atoms with van der Waals surface area (Å²) in [6.07, 6.45) is 2.58. The standard InChI is InChI=1S/C13H25N3O2/c1-9(2)8-11(12(17)14-3)16(4)13(18)10-6-5-7-15-10/h9-11,15H,5-8H2,1-4H3,(H,14,17)/t10-,11-/m0/s1. The molecule has 0 bridgehead atoms. The van der Waals surface area contributed by atoms with Crippen molar-refractivity contribution in [3.8, 4) is 0 Å². The van der Waals surface area contributed by atoms with Crippen molar-refractivity contribution < 1.29 is 9.59 Å². The van der Waals surface area contributed by atoms with Gasteiger partial charge in [-0.15, -0.1) is 0 Å². The smallest absolute Gasteiger partial charge is 0.242 e. The number of amides is 2. The van der Waals surface area contributed by atoms with Crippen molar-refractivity contribution in [2.75, 3.05) is 20.6 Å². The van der Waals surface area contributed by atoms with E-state index in [9.17, 15) is 9.59 Å². The van der Waals surface area contributed by atoms with E-state index in [1.807, 2.05) is 0 Å².